The van der Waals surface area contributed by atoms with Gasteiger partial charge in [0.25, 0.3) is 0 Å². The van der Waals surface area contributed by atoms with Crippen molar-refractivity contribution in [1.82, 2.24) is 14.9 Å². The third-order valence-electron chi connectivity index (χ3n) is 4.10. The molecule has 3 aromatic rings. The fraction of sp³-hybridized carbons (Fsp3) is 0.263. The lowest BCUT2D eigenvalue weighted by Gasteiger charge is -2.11. The summed E-state index contributed by atoms with van der Waals surface area (Å²) < 4.78 is 7.38. The monoisotopic (exact) mass is 357 g/mol. The van der Waals surface area contributed by atoms with Crippen LogP contribution >= 0.6 is 11.6 Å². The minimum absolute atomic E-state index is 0.0670. The average Bonchev–Trinajstić information content (AvgIpc) is 2.91. The van der Waals surface area contributed by atoms with Crippen molar-refractivity contribution < 1.29 is 9.53 Å². The Morgan fingerprint density at radius 3 is 2.88 bits per heavy atom. The Morgan fingerprint density at radius 2 is 2.08 bits per heavy atom. The molecular formula is C19H20ClN3O2. The van der Waals surface area contributed by atoms with E-state index in [1.54, 1.807) is 25.3 Å². The maximum Gasteiger partial charge on any atom is 0.224 e. The van der Waals surface area contributed by atoms with Crippen LogP contribution in [0.25, 0.3) is 11.0 Å². The molecule has 25 heavy (non-hydrogen) atoms. The Hall–Kier alpha value is -2.53. The molecular weight excluding hydrogens is 338 g/mol. The van der Waals surface area contributed by atoms with E-state index in [0.29, 0.717) is 23.9 Å². The number of ether oxygens (including phenoxy) is 1. The number of nitrogens with zero attached hydrogens (tertiary/aromatic N) is 2. The first-order valence-electron chi connectivity index (χ1n) is 8.09. The van der Waals surface area contributed by atoms with Gasteiger partial charge >= 0.3 is 0 Å². The molecule has 0 aliphatic carbocycles. The van der Waals surface area contributed by atoms with Crippen LogP contribution in [0.1, 0.15) is 11.4 Å². The van der Waals surface area contributed by atoms with Crippen LogP contribution in [-0.2, 0) is 17.8 Å². The zero-order valence-electron chi connectivity index (χ0n) is 14.3. The lowest BCUT2D eigenvalue weighted by atomic mass is 10.1. The Bertz CT molecular complexity index is 905. The van der Waals surface area contributed by atoms with Crippen LogP contribution in [0.3, 0.4) is 0 Å². The van der Waals surface area contributed by atoms with E-state index in [2.05, 4.69) is 14.9 Å². The van der Waals surface area contributed by atoms with Gasteiger partial charge in [0.1, 0.15) is 11.6 Å². The molecule has 5 nitrogen and oxygen atoms in total. The van der Waals surface area contributed by atoms with Gasteiger partial charge in [-0.05, 0) is 37.3 Å². The number of hydrogen-bond donors (Lipinski definition) is 1. The lowest BCUT2D eigenvalue weighted by Crippen LogP contribution is -2.29. The maximum atomic E-state index is 12.2. The zero-order chi connectivity index (χ0) is 17.8. The summed E-state index contributed by atoms with van der Waals surface area (Å²) >= 11 is 6.00. The highest BCUT2D eigenvalue weighted by atomic mass is 35.5. The number of aromatic nitrogens is 2. The van der Waals surface area contributed by atoms with Crippen LogP contribution in [0.2, 0.25) is 5.02 Å². The number of halogens is 1. The molecule has 6 heteroatoms. The van der Waals surface area contributed by atoms with E-state index in [0.717, 1.165) is 22.4 Å². The van der Waals surface area contributed by atoms with Gasteiger partial charge in [0, 0.05) is 23.7 Å². The van der Waals surface area contributed by atoms with E-state index in [1.165, 1.54) is 0 Å². The molecule has 2 aromatic carbocycles. The number of hydrogen-bond acceptors (Lipinski definition) is 3. The van der Waals surface area contributed by atoms with Gasteiger partial charge in [-0.1, -0.05) is 23.7 Å². The topological polar surface area (TPSA) is 56.1 Å². The van der Waals surface area contributed by atoms with E-state index < -0.39 is 0 Å². The molecule has 0 unspecified atom stereocenters. The summed E-state index contributed by atoms with van der Waals surface area (Å²) in [7, 11) is 1.58. The number of fused-ring (bicyclic) bond motifs is 1. The summed E-state index contributed by atoms with van der Waals surface area (Å²) in [5, 5.41) is 3.53. The highest BCUT2D eigenvalue weighted by Crippen LogP contribution is 2.23. The smallest absolute Gasteiger partial charge is 0.224 e. The molecule has 0 spiro atoms. The van der Waals surface area contributed by atoms with Crippen LogP contribution in [0.15, 0.2) is 42.5 Å². The van der Waals surface area contributed by atoms with E-state index in [4.69, 9.17) is 16.3 Å². The predicted octanol–water partition coefficient (Wildman–Crippen LogP) is 3.37. The molecule has 0 saturated heterocycles. The highest BCUT2D eigenvalue weighted by molar-refractivity contribution is 6.30. The lowest BCUT2D eigenvalue weighted by molar-refractivity contribution is -0.120. The summed E-state index contributed by atoms with van der Waals surface area (Å²) in [5.41, 5.74) is 2.82. The van der Waals surface area contributed by atoms with Gasteiger partial charge in [-0.2, -0.15) is 0 Å². The quantitative estimate of drug-likeness (QED) is 0.736. The molecule has 3 rings (SSSR count). The van der Waals surface area contributed by atoms with Crippen LogP contribution in [-0.4, -0.2) is 29.1 Å². The first-order chi connectivity index (χ1) is 12.1. The number of amides is 1. The molecule has 0 saturated carbocycles. The van der Waals surface area contributed by atoms with E-state index >= 15 is 0 Å². The molecule has 1 aromatic heterocycles. The number of carbonyl (C=O) groups is 1. The van der Waals surface area contributed by atoms with Crippen molar-refractivity contribution in [2.75, 3.05) is 13.7 Å². The first kappa shape index (κ1) is 17.3. The zero-order valence-corrected chi connectivity index (χ0v) is 15.0. The molecule has 0 radical (unpaired) electrons. The SMILES string of the molecule is COc1ccc(Cl)cc1CC(=O)NCCn1c(C)nc2ccccc21. The Morgan fingerprint density at radius 1 is 1.28 bits per heavy atom. The number of carbonyl (C=O) groups excluding carboxylic acids is 1. The van der Waals surface area contributed by atoms with Gasteiger partial charge in [-0.25, -0.2) is 4.98 Å². The first-order valence-corrected chi connectivity index (χ1v) is 8.47. The highest BCUT2D eigenvalue weighted by Gasteiger charge is 2.10. The molecule has 1 heterocycles. The second-order valence-corrected chi connectivity index (χ2v) is 6.22. The third-order valence-corrected chi connectivity index (χ3v) is 4.33. The molecule has 0 atom stereocenters. The standard InChI is InChI=1S/C19H20ClN3O2/c1-13-22-16-5-3-4-6-17(16)23(13)10-9-21-19(24)12-14-11-15(20)7-8-18(14)25-2/h3-8,11H,9-10,12H2,1-2H3,(H,21,24). The van der Waals surface area contributed by atoms with Crippen LogP contribution < -0.4 is 10.1 Å². The molecule has 0 fully saturated rings. The average molecular weight is 358 g/mol. The van der Waals surface area contributed by atoms with Gasteiger partial charge in [-0.15, -0.1) is 0 Å². The van der Waals surface area contributed by atoms with Crippen LogP contribution in [0, 0.1) is 6.92 Å². The van der Waals surface area contributed by atoms with Gasteiger partial charge in [-0.3, -0.25) is 4.79 Å². The van der Waals surface area contributed by atoms with Crippen molar-refractivity contribution >= 4 is 28.5 Å². The Balaban J connectivity index is 1.61. The molecule has 1 amide bonds. The molecule has 0 bridgehead atoms. The summed E-state index contributed by atoms with van der Waals surface area (Å²) in [6, 6.07) is 13.3. The molecule has 0 aliphatic rings. The maximum absolute atomic E-state index is 12.2. The second-order valence-electron chi connectivity index (χ2n) is 5.78. The fourth-order valence-electron chi connectivity index (χ4n) is 2.91. The van der Waals surface area contributed by atoms with Gasteiger partial charge in [0.15, 0.2) is 0 Å². The second kappa shape index (κ2) is 7.57. The van der Waals surface area contributed by atoms with E-state index in [1.807, 2.05) is 31.2 Å². The van der Waals surface area contributed by atoms with Gasteiger partial charge in [0.05, 0.1) is 24.6 Å². The van der Waals surface area contributed by atoms with Crippen molar-refractivity contribution in [1.29, 1.82) is 0 Å². The largest absolute Gasteiger partial charge is 0.496 e. The third kappa shape index (κ3) is 3.94. The number of aryl methyl sites for hydroxylation is 1. The van der Waals surface area contributed by atoms with Crippen molar-refractivity contribution in [3.63, 3.8) is 0 Å². The number of benzene rings is 2. The molecule has 130 valence electrons. The normalized spacial score (nSPS) is 10.8. The van der Waals surface area contributed by atoms with Crippen LogP contribution in [0.4, 0.5) is 0 Å². The minimum atomic E-state index is -0.0670. The van der Waals surface area contributed by atoms with Crippen molar-refractivity contribution in [3.8, 4) is 5.75 Å². The number of para-hydroxylation sites is 2. The predicted molar refractivity (Wildman–Crippen MR) is 99.2 cm³/mol. The van der Waals surface area contributed by atoms with E-state index in [9.17, 15) is 4.79 Å². The number of rotatable bonds is 6. The summed E-state index contributed by atoms with van der Waals surface area (Å²) in [6.07, 6.45) is 0.230. The van der Waals surface area contributed by atoms with Gasteiger partial charge in [0.2, 0.25) is 5.91 Å². The van der Waals surface area contributed by atoms with E-state index in [-0.39, 0.29) is 12.3 Å². The summed E-state index contributed by atoms with van der Waals surface area (Å²) in [6.45, 7) is 3.17. The minimum Gasteiger partial charge on any atom is -0.496 e. The van der Waals surface area contributed by atoms with Gasteiger partial charge < -0.3 is 14.6 Å². The van der Waals surface area contributed by atoms with Crippen LogP contribution in [0.5, 0.6) is 5.75 Å². The number of methoxy groups -OCH3 is 1. The molecule has 1 N–H and O–H groups in total. The summed E-state index contributed by atoms with van der Waals surface area (Å²) in [4.78, 5) is 16.8. The van der Waals surface area contributed by atoms with Crippen molar-refractivity contribution in [3.05, 3.63) is 58.9 Å². The summed E-state index contributed by atoms with van der Waals surface area (Å²) in [5.74, 6) is 1.53. The number of nitrogens with one attached hydrogen (secondary N) is 1. The Labute approximate surface area is 151 Å². The molecule has 0 aliphatic heterocycles. The fourth-order valence-corrected chi connectivity index (χ4v) is 3.10. The van der Waals surface area contributed by atoms with Crippen molar-refractivity contribution in [2.24, 2.45) is 0 Å². The number of imidazole rings is 1. The van der Waals surface area contributed by atoms with Crippen molar-refractivity contribution in [2.45, 2.75) is 19.9 Å². The Kier molecular flexibility index (Phi) is 5.24.